The molecule has 24 heavy (non-hydrogen) atoms. The van der Waals surface area contributed by atoms with E-state index in [0.717, 1.165) is 17.2 Å². The van der Waals surface area contributed by atoms with Gasteiger partial charge in [-0.3, -0.25) is 0 Å². The molecule has 0 atom stereocenters. The molecular formula is C15H9ClF3NO2S2. The van der Waals surface area contributed by atoms with Crippen molar-refractivity contribution in [2.24, 2.45) is 0 Å². The molecule has 1 N–H and O–H groups in total. The molecule has 0 spiro atoms. The average Bonchev–Trinajstić information content (AvgIpc) is 2.92. The minimum atomic E-state index is -4.70. The van der Waals surface area contributed by atoms with Gasteiger partial charge < -0.3 is 4.98 Å². The van der Waals surface area contributed by atoms with E-state index >= 15 is 0 Å². The Labute approximate surface area is 144 Å². The van der Waals surface area contributed by atoms with E-state index in [1.165, 1.54) is 17.8 Å². The molecule has 0 saturated heterocycles. The topological polar surface area (TPSA) is 49.9 Å². The number of benzene rings is 2. The Bertz CT molecular complexity index is 999. The van der Waals surface area contributed by atoms with Crippen molar-refractivity contribution < 1.29 is 21.6 Å². The molecule has 0 fully saturated rings. The van der Waals surface area contributed by atoms with Gasteiger partial charge in [0.05, 0.1) is 11.1 Å². The molecule has 3 nitrogen and oxygen atoms in total. The number of hydrogen-bond donors (Lipinski definition) is 1. The highest BCUT2D eigenvalue weighted by molar-refractivity contribution is 8.14. The van der Waals surface area contributed by atoms with Crippen molar-refractivity contribution in [3.63, 3.8) is 0 Å². The van der Waals surface area contributed by atoms with Crippen LogP contribution in [0.3, 0.4) is 0 Å². The highest BCUT2D eigenvalue weighted by atomic mass is 35.7. The number of hydrogen-bond acceptors (Lipinski definition) is 3. The Morgan fingerprint density at radius 2 is 1.71 bits per heavy atom. The van der Waals surface area contributed by atoms with Crippen LogP contribution < -0.4 is 0 Å². The molecule has 2 aromatic carbocycles. The lowest BCUT2D eigenvalue weighted by Crippen LogP contribution is -2.06. The Morgan fingerprint density at radius 1 is 1.04 bits per heavy atom. The Hall–Kier alpha value is -1.64. The van der Waals surface area contributed by atoms with Gasteiger partial charge in [-0.25, -0.2) is 8.42 Å². The molecule has 0 unspecified atom stereocenters. The zero-order valence-corrected chi connectivity index (χ0v) is 14.2. The molecule has 3 rings (SSSR count). The van der Waals surface area contributed by atoms with Crippen LogP contribution in [0.25, 0.3) is 10.9 Å². The van der Waals surface area contributed by atoms with E-state index in [-0.39, 0.29) is 5.52 Å². The molecule has 3 aromatic rings. The highest BCUT2D eigenvalue weighted by Gasteiger charge is 2.36. The van der Waals surface area contributed by atoms with E-state index in [4.69, 9.17) is 10.7 Å². The summed E-state index contributed by atoms with van der Waals surface area (Å²) in [4.78, 5) is 3.31. The van der Waals surface area contributed by atoms with Crippen LogP contribution in [-0.4, -0.2) is 13.4 Å². The van der Waals surface area contributed by atoms with E-state index < -0.39 is 31.1 Å². The van der Waals surface area contributed by atoms with Crippen LogP contribution >= 0.6 is 22.4 Å². The van der Waals surface area contributed by atoms with Crippen molar-refractivity contribution in [1.29, 1.82) is 0 Å². The zero-order valence-electron chi connectivity index (χ0n) is 11.8. The van der Waals surface area contributed by atoms with Crippen molar-refractivity contribution in [3.8, 4) is 0 Å². The van der Waals surface area contributed by atoms with Gasteiger partial charge in [-0.05, 0) is 24.3 Å². The Balaban J connectivity index is 2.26. The summed E-state index contributed by atoms with van der Waals surface area (Å²) in [7, 11) is 0.965. The van der Waals surface area contributed by atoms with E-state index in [9.17, 15) is 21.6 Å². The summed E-state index contributed by atoms with van der Waals surface area (Å²) in [6.07, 6.45) is -3.72. The number of fused-ring (bicyclic) bond motifs is 1. The third-order valence-corrected chi connectivity index (χ3v) is 5.71. The van der Waals surface area contributed by atoms with Gasteiger partial charge in [0.2, 0.25) is 0 Å². The van der Waals surface area contributed by atoms with Crippen LogP contribution in [0.4, 0.5) is 13.2 Å². The number of rotatable bonds is 3. The van der Waals surface area contributed by atoms with Crippen molar-refractivity contribution in [2.75, 3.05) is 0 Å². The van der Waals surface area contributed by atoms with E-state index in [0.29, 0.717) is 4.90 Å². The first-order chi connectivity index (χ1) is 11.2. The number of alkyl halides is 3. The predicted octanol–water partition coefficient (Wildman–Crippen LogP) is 5.27. The first-order valence-corrected chi connectivity index (χ1v) is 9.69. The third kappa shape index (κ3) is 3.26. The van der Waals surface area contributed by atoms with Crippen LogP contribution in [0.2, 0.25) is 0 Å². The van der Waals surface area contributed by atoms with Crippen LogP contribution in [-0.2, 0) is 15.2 Å². The second-order valence-corrected chi connectivity index (χ2v) is 8.51. The lowest BCUT2D eigenvalue weighted by atomic mass is 10.1. The maximum absolute atomic E-state index is 13.3. The predicted molar refractivity (Wildman–Crippen MR) is 86.9 cm³/mol. The molecule has 1 heterocycles. The molecule has 0 saturated carbocycles. The van der Waals surface area contributed by atoms with E-state index in [1.54, 1.807) is 24.3 Å². The first kappa shape index (κ1) is 17.2. The maximum Gasteiger partial charge on any atom is 0.417 e. The van der Waals surface area contributed by atoms with E-state index in [2.05, 4.69) is 4.98 Å². The fourth-order valence-electron chi connectivity index (χ4n) is 2.32. The molecule has 0 bridgehead atoms. The summed E-state index contributed by atoms with van der Waals surface area (Å²) >= 11 is 1.22. The minimum Gasteiger partial charge on any atom is -0.359 e. The molecule has 9 heteroatoms. The lowest BCUT2D eigenvalue weighted by molar-refractivity contribution is -0.136. The third-order valence-electron chi connectivity index (χ3n) is 3.30. The average molecular weight is 392 g/mol. The normalized spacial score (nSPS) is 12.7. The molecule has 0 aliphatic heterocycles. The summed E-state index contributed by atoms with van der Waals surface area (Å²) in [6, 6.07) is 11.2. The summed E-state index contributed by atoms with van der Waals surface area (Å²) in [5.74, 6) is 0. The summed E-state index contributed by atoms with van der Waals surface area (Å²) in [5.41, 5.74) is -0.965. The van der Waals surface area contributed by atoms with Gasteiger partial charge in [0.15, 0.2) is 0 Å². The van der Waals surface area contributed by atoms with Crippen molar-refractivity contribution in [3.05, 3.63) is 54.2 Å². The first-order valence-electron chi connectivity index (χ1n) is 6.57. The van der Waals surface area contributed by atoms with Gasteiger partial charge in [0, 0.05) is 32.1 Å². The smallest absolute Gasteiger partial charge is 0.359 e. The zero-order chi connectivity index (χ0) is 17.5. The second kappa shape index (κ2) is 6.02. The molecule has 126 valence electrons. The monoisotopic (exact) mass is 391 g/mol. The molecule has 0 aliphatic carbocycles. The van der Waals surface area contributed by atoms with Gasteiger partial charge in [0.25, 0.3) is 9.05 Å². The summed E-state index contributed by atoms with van der Waals surface area (Å²) in [5, 5.41) is -0.446. The molecule has 0 amide bonds. The van der Waals surface area contributed by atoms with Gasteiger partial charge in [-0.15, -0.1) is 0 Å². The summed E-state index contributed by atoms with van der Waals surface area (Å²) in [6.45, 7) is 0. The Kier molecular flexibility index (Phi) is 4.31. The molecule has 0 radical (unpaired) electrons. The number of aromatic nitrogens is 1. The fraction of sp³-hybridized carbons (Fsp3) is 0.0667. The van der Waals surface area contributed by atoms with E-state index in [1.807, 2.05) is 6.07 Å². The van der Waals surface area contributed by atoms with Crippen molar-refractivity contribution in [2.45, 2.75) is 20.9 Å². The SMILES string of the molecule is O=S(=O)(Cl)c1c[nH]c2c(Sc3ccccc3)ccc(C(F)(F)F)c12. The van der Waals surface area contributed by atoms with Gasteiger partial charge >= 0.3 is 6.18 Å². The van der Waals surface area contributed by atoms with Crippen LogP contribution in [0, 0.1) is 0 Å². The van der Waals surface area contributed by atoms with Crippen molar-refractivity contribution in [1.82, 2.24) is 4.98 Å². The van der Waals surface area contributed by atoms with Crippen LogP contribution in [0.15, 0.2) is 63.3 Å². The minimum absolute atomic E-state index is 0.0814. The van der Waals surface area contributed by atoms with Gasteiger partial charge in [-0.2, -0.15) is 13.2 Å². The Morgan fingerprint density at radius 3 is 2.29 bits per heavy atom. The molecule has 1 aromatic heterocycles. The molecular weight excluding hydrogens is 383 g/mol. The standard InChI is InChI=1S/C15H9ClF3NO2S2/c16-24(21,22)12-8-20-14-11(23-9-4-2-1-3-5-9)7-6-10(13(12)14)15(17,18)19/h1-8,20H. The molecule has 0 aliphatic rings. The van der Waals surface area contributed by atoms with Crippen molar-refractivity contribution >= 4 is 42.4 Å². The number of nitrogens with one attached hydrogen (secondary N) is 1. The maximum atomic E-state index is 13.3. The highest BCUT2D eigenvalue weighted by Crippen LogP contribution is 2.43. The van der Waals surface area contributed by atoms with Crippen LogP contribution in [0.1, 0.15) is 5.56 Å². The fourth-order valence-corrected chi connectivity index (χ4v) is 4.29. The number of halogens is 4. The number of aromatic amines is 1. The summed E-state index contributed by atoms with van der Waals surface area (Å²) < 4.78 is 63.0. The number of H-pyrrole nitrogens is 1. The quantitative estimate of drug-likeness (QED) is 0.619. The second-order valence-electron chi connectivity index (χ2n) is 4.86. The van der Waals surface area contributed by atoms with Crippen LogP contribution in [0.5, 0.6) is 0 Å². The van der Waals surface area contributed by atoms with Gasteiger partial charge in [0.1, 0.15) is 4.90 Å². The lowest BCUT2D eigenvalue weighted by Gasteiger charge is -2.11. The van der Waals surface area contributed by atoms with Gasteiger partial charge in [-0.1, -0.05) is 30.0 Å². The largest absolute Gasteiger partial charge is 0.417 e.